The van der Waals surface area contributed by atoms with Crippen molar-refractivity contribution in [2.24, 2.45) is 0 Å². The van der Waals surface area contributed by atoms with E-state index in [0.717, 1.165) is 31.9 Å². The molecule has 0 bridgehead atoms. The third kappa shape index (κ3) is 4.09. The Morgan fingerprint density at radius 1 is 1.24 bits per heavy atom. The second-order valence-corrected chi connectivity index (χ2v) is 5.99. The molecule has 2 aromatic rings. The van der Waals surface area contributed by atoms with Gasteiger partial charge in [0.15, 0.2) is 0 Å². The molecule has 1 aromatic heterocycles. The molecule has 6 nitrogen and oxygen atoms in total. The number of amides is 1. The third-order valence-corrected chi connectivity index (χ3v) is 4.27. The van der Waals surface area contributed by atoms with E-state index in [0.29, 0.717) is 18.0 Å². The molecule has 1 fully saturated rings. The van der Waals surface area contributed by atoms with Gasteiger partial charge in [-0.25, -0.2) is 4.98 Å². The molecule has 0 unspecified atom stereocenters. The van der Waals surface area contributed by atoms with Crippen molar-refractivity contribution in [3.63, 3.8) is 0 Å². The topological polar surface area (TPSA) is 54.9 Å². The van der Waals surface area contributed by atoms with Gasteiger partial charge in [0.05, 0.1) is 20.3 Å². The van der Waals surface area contributed by atoms with Gasteiger partial charge in [0, 0.05) is 38.6 Å². The smallest absolute Gasteiger partial charge is 0.259 e. The van der Waals surface area contributed by atoms with Crippen molar-refractivity contribution in [3.8, 4) is 5.88 Å². The van der Waals surface area contributed by atoms with Crippen LogP contribution in [0, 0.1) is 0 Å². The highest BCUT2D eigenvalue weighted by molar-refractivity contribution is 5.96. The fourth-order valence-corrected chi connectivity index (χ4v) is 2.90. The fraction of sp³-hybridized carbons (Fsp3) is 0.368. The van der Waals surface area contributed by atoms with E-state index in [1.807, 2.05) is 0 Å². The van der Waals surface area contributed by atoms with Crippen LogP contribution in [0.5, 0.6) is 5.88 Å². The summed E-state index contributed by atoms with van der Waals surface area (Å²) < 4.78 is 10.6. The molecule has 1 aliphatic heterocycles. The zero-order chi connectivity index (χ0) is 17.6. The van der Waals surface area contributed by atoms with E-state index >= 15 is 0 Å². The van der Waals surface area contributed by atoms with E-state index in [1.165, 1.54) is 12.8 Å². The zero-order valence-corrected chi connectivity index (χ0v) is 14.6. The molecule has 132 valence electrons. The number of anilines is 1. The molecule has 2 heterocycles. The normalized spacial score (nSPS) is 14.2. The first kappa shape index (κ1) is 17.2. The van der Waals surface area contributed by atoms with Gasteiger partial charge in [0.2, 0.25) is 5.88 Å². The molecule has 0 radical (unpaired) electrons. The van der Waals surface area contributed by atoms with Crippen LogP contribution in [0.25, 0.3) is 0 Å². The molecule has 3 rings (SSSR count). The number of nitrogens with zero attached hydrogens (tertiary/aromatic N) is 3. The Morgan fingerprint density at radius 2 is 1.96 bits per heavy atom. The van der Waals surface area contributed by atoms with Gasteiger partial charge in [0.1, 0.15) is 5.56 Å². The fourth-order valence-electron chi connectivity index (χ4n) is 2.90. The van der Waals surface area contributed by atoms with Crippen molar-refractivity contribution in [1.82, 2.24) is 9.88 Å². The Bertz CT molecular complexity index is 712. The Kier molecular flexibility index (Phi) is 5.50. The van der Waals surface area contributed by atoms with E-state index in [2.05, 4.69) is 34.1 Å². The van der Waals surface area contributed by atoms with Gasteiger partial charge in [0.25, 0.3) is 5.91 Å². The molecule has 1 amide bonds. The van der Waals surface area contributed by atoms with E-state index in [-0.39, 0.29) is 5.91 Å². The third-order valence-electron chi connectivity index (χ3n) is 4.27. The maximum Gasteiger partial charge on any atom is 0.259 e. The minimum Gasteiger partial charge on any atom is -0.480 e. The first-order valence-electron chi connectivity index (χ1n) is 8.35. The number of hydrogen-bond acceptors (Lipinski definition) is 5. The van der Waals surface area contributed by atoms with Crippen molar-refractivity contribution < 1.29 is 14.3 Å². The molecule has 0 spiro atoms. The lowest BCUT2D eigenvalue weighted by molar-refractivity contribution is 0.0781. The Balaban J connectivity index is 1.66. The largest absolute Gasteiger partial charge is 0.480 e. The van der Waals surface area contributed by atoms with Crippen LogP contribution >= 0.6 is 0 Å². The number of morpholine rings is 1. The molecule has 0 aliphatic carbocycles. The maximum atomic E-state index is 12.6. The molecule has 1 aliphatic rings. The predicted molar refractivity (Wildman–Crippen MR) is 96.1 cm³/mol. The number of pyridine rings is 1. The highest BCUT2D eigenvalue weighted by Crippen LogP contribution is 2.19. The number of ether oxygens (including phenoxy) is 2. The highest BCUT2D eigenvalue weighted by atomic mass is 16.5. The first-order valence-corrected chi connectivity index (χ1v) is 8.35. The second kappa shape index (κ2) is 7.98. The summed E-state index contributed by atoms with van der Waals surface area (Å²) in [6, 6.07) is 11.8. The van der Waals surface area contributed by atoms with Gasteiger partial charge in [-0.3, -0.25) is 4.79 Å². The Hall–Kier alpha value is -2.60. The molecule has 0 atom stereocenters. The number of hydrogen-bond donors (Lipinski definition) is 0. The van der Waals surface area contributed by atoms with Crippen LogP contribution in [-0.2, 0) is 11.3 Å². The minimum absolute atomic E-state index is 0.109. The summed E-state index contributed by atoms with van der Waals surface area (Å²) in [5.74, 6) is 0.240. The lowest BCUT2D eigenvalue weighted by atomic mass is 10.1. The van der Waals surface area contributed by atoms with Crippen LogP contribution < -0.4 is 9.64 Å². The standard InChI is InChI=1S/C19H23N3O3/c1-21(19(23)17-4-3-9-20-18(17)24-2)14-15-5-7-16(8-6-15)22-10-12-25-13-11-22/h3-9H,10-14H2,1-2H3. The Labute approximate surface area is 148 Å². The van der Waals surface area contributed by atoms with Gasteiger partial charge in [-0.05, 0) is 29.8 Å². The molecular formula is C19H23N3O3. The van der Waals surface area contributed by atoms with Crippen molar-refractivity contribution in [3.05, 3.63) is 53.7 Å². The average Bonchev–Trinajstić information content (AvgIpc) is 2.68. The first-order chi connectivity index (χ1) is 12.2. The van der Waals surface area contributed by atoms with Gasteiger partial charge >= 0.3 is 0 Å². The van der Waals surface area contributed by atoms with Gasteiger partial charge in [-0.15, -0.1) is 0 Å². The molecule has 1 saturated heterocycles. The van der Waals surface area contributed by atoms with Gasteiger partial charge < -0.3 is 19.3 Å². The van der Waals surface area contributed by atoms with Gasteiger partial charge in [-0.2, -0.15) is 0 Å². The number of carbonyl (C=O) groups excluding carboxylic acids is 1. The van der Waals surface area contributed by atoms with Gasteiger partial charge in [-0.1, -0.05) is 12.1 Å². The number of carbonyl (C=O) groups is 1. The summed E-state index contributed by atoms with van der Waals surface area (Å²) in [6.45, 7) is 3.90. The van der Waals surface area contributed by atoms with Crippen LogP contribution in [0.4, 0.5) is 5.69 Å². The van der Waals surface area contributed by atoms with Crippen molar-refractivity contribution >= 4 is 11.6 Å². The van der Waals surface area contributed by atoms with E-state index in [9.17, 15) is 4.79 Å². The summed E-state index contributed by atoms with van der Waals surface area (Å²) >= 11 is 0. The number of aromatic nitrogens is 1. The Morgan fingerprint density at radius 3 is 2.64 bits per heavy atom. The van der Waals surface area contributed by atoms with Crippen LogP contribution in [0.3, 0.4) is 0 Å². The highest BCUT2D eigenvalue weighted by Gasteiger charge is 2.17. The molecule has 0 saturated carbocycles. The predicted octanol–water partition coefficient (Wildman–Crippen LogP) is 2.20. The molecule has 0 N–H and O–H groups in total. The number of rotatable bonds is 5. The van der Waals surface area contributed by atoms with E-state index in [1.54, 1.807) is 30.3 Å². The SMILES string of the molecule is COc1ncccc1C(=O)N(C)Cc1ccc(N2CCOCC2)cc1. The van der Waals surface area contributed by atoms with Crippen LogP contribution in [-0.4, -0.2) is 56.3 Å². The monoisotopic (exact) mass is 341 g/mol. The van der Waals surface area contributed by atoms with E-state index < -0.39 is 0 Å². The summed E-state index contributed by atoms with van der Waals surface area (Å²) in [5.41, 5.74) is 2.74. The lowest BCUT2D eigenvalue weighted by Gasteiger charge is -2.29. The summed E-state index contributed by atoms with van der Waals surface area (Å²) in [5, 5.41) is 0. The summed E-state index contributed by atoms with van der Waals surface area (Å²) in [4.78, 5) is 20.7. The van der Waals surface area contributed by atoms with E-state index in [4.69, 9.17) is 9.47 Å². The van der Waals surface area contributed by atoms with Crippen molar-refractivity contribution in [2.45, 2.75) is 6.54 Å². The van der Waals surface area contributed by atoms with Crippen LogP contribution in [0.15, 0.2) is 42.6 Å². The molecular weight excluding hydrogens is 318 g/mol. The number of benzene rings is 1. The minimum atomic E-state index is -0.109. The zero-order valence-electron chi connectivity index (χ0n) is 14.6. The quantitative estimate of drug-likeness (QED) is 0.834. The van der Waals surface area contributed by atoms with Crippen molar-refractivity contribution in [2.75, 3.05) is 45.4 Å². The summed E-state index contributed by atoms with van der Waals surface area (Å²) in [6.07, 6.45) is 1.61. The van der Waals surface area contributed by atoms with Crippen LogP contribution in [0.1, 0.15) is 15.9 Å². The van der Waals surface area contributed by atoms with Crippen molar-refractivity contribution in [1.29, 1.82) is 0 Å². The summed E-state index contributed by atoms with van der Waals surface area (Å²) in [7, 11) is 3.30. The lowest BCUT2D eigenvalue weighted by Crippen LogP contribution is -2.36. The van der Waals surface area contributed by atoms with Crippen LogP contribution in [0.2, 0.25) is 0 Å². The molecule has 6 heteroatoms. The second-order valence-electron chi connectivity index (χ2n) is 5.99. The maximum absolute atomic E-state index is 12.6. The number of methoxy groups -OCH3 is 1. The average molecular weight is 341 g/mol. The molecule has 25 heavy (non-hydrogen) atoms. The molecule has 1 aromatic carbocycles.